The summed E-state index contributed by atoms with van der Waals surface area (Å²) in [6.45, 7) is 4.44. The lowest BCUT2D eigenvalue weighted by atomic mass is 10.3. The fraction of sp³-hybridized carbons (Fsp3) is 0.250. The van der Waals surface area contributed by atoms with Gasteiger partial charge in [0.2, 0.25) is 5.95 Å². The van der Waals surface area contributed by atoms with Crippen molar-refractivity contribution in [2.75, 3.05) is 16.6 Å². The summed E-state index contributed by atoms with van der Waals surface area (Å²) in [6.07, 6.45) is 4.09. The number of rotatable bonds is 5. The summed E-state index contributed by atoms with van der Waals surface area (Å²) in [5.41, 5.74) is 0.950. The van der Waals surface area contributed by atoms with Gasteiger partial charge in [-0.3, -0.25) is 4.72 Å². The molecular weight excluding hydrogens is 278 g/mol. The highest BCUT2D eigenvalue weighted by molar-refractivity contribution is 7.92. The van der Waals surface area contributed by atoms with Gasteiger partial charge in [0.25, 0.3) is 10.0 Å². The summed E-state index contributed by atoms with van der Waals surface area (Å²) in [4.78, 5) is 11.8. The summed E-state index contributed by atoms with van der Waals surface area (Å²) >= 11 is 0. The number of hydrogen-bond donors (Lipinski definition) is 2. The van der Waals surface area contributed by atoms with Gasteiger partial charge in [-0.15, -0.1) is 0 Å². The van der Waals surface area contributed by atoms with Crippen LogP contribution in [0, 0.1) is 6.92 Å². The van der Waals surface area contributed by atoms with Crippen molar-refractivity contribution in [1.29, 1.82) is 0 Å². The molecule has 0 bridgehead atoms. The summed E-state index contributed by atoms with van der Waals surface area (Å²) in [5, 5.41) is 2.89. The quantitative estimate of drug-likeness (QED) is 0.865. The van der Waals surface area contributed by atoms with Gasteiger partial charge in [-0.2, -0.15) is 0 Å². The Hall–Kier alpha value is -2.22. The zero-order valence-corrected chi connectivity index (χ0v) is 12.0. The summed E-state index contributed by atoms with van der Waals surface area (Å²) in [7, 11) is -3.72. The number of nitrogens with zero attached hydrogens (tertiary/aromatic N) is 3. The lowest BCUT2D eigenvalue weighted by molar-refractivity contribution is 0.600. The second kappa shape index (κ2) is 5.83. The standard InChI is InChI=1S/C12H15N5O2S/c1-3-13-12-15-7-10(8-16-12)20(18,19)17-11-5-4-9(2)6-14-11/h4-8H,3H2,1-2H3,(H,14,17)(H,13,15,16). The molecule has 0 spiro atoms. The van der Waals surface area contributed by atoms with E-state index in [4.69, 9.17) is 0 Å². The lowest BCUT2D eigenvalue weighted by Crippen LogP contribution is -2.15. The molecule has 2 rings (SSSR count). The molecule has 2 heterocycles. The van der Waals surface area contributed by atoms with Crippen molar-refractivity contribution in [3.8, 4) is 0 Å². The van der Waals surface area contributed by atoms with Gasteiger partial charge in [0.15, 0.2) is 0 Å². The van der Waals surface area contributed by atoms with Crippen molar-refractivity contribution in [3.63, 3.8) is 0 Å². The van der Waals surface area contributed by atoms with Crippen LogP contribution in [0.25, 0.3) is 0 Å². The molecule has 2 aromatic rings. The molecule has 0 aliphatic rings. The highest BCUT2D eigenvalue weighted by Crippen LogP contribution is 2.13. The number of aryl methyl sites for hydroxylation is 1. The summed E-state index contributed by atoms with van der Waals surface area (Å²) in [6, 6.07) is 3.37. The number of nitrogens with one attached hydrogen (secondary N) is 2. The van der Waals surface area contributed by atoms with Crippen molar-refractivity contribution in [3.05, 3.63) is 36.3 Å². The Balaban J connectivity index is 2.19. The van der Waals surface area contributed by atoms with Gasteiger partial charge in [-0.1, -0.05) is 6.07 Å². The molecule has 0 fully saturated rings. The molecule has 0 aliphatic carbocycles. The van der Waals surface area contributed by atoms with Gasteiger partial charge < -0.3 is 5.32 Å². The molecule has 0 aliphatic heterocycles. The topological polar surface area (TPSA) is 96.9 Å². The van der Waals surface area contributed by atoms with Gasteiger partial charge >= 0.3 is 0 Å². The van der Waals surface area contributed by atoms with Crippen LogP contribution in [0.4, 0.5) is 11.8 Å². The molecule has 2 aromatic heterocycles. The second-order valence-corrected chi connectivity index (χ2v) is 5.78. The van der Waals surface area contributed by atoms with Gasteiger partial charge in [0.05, 0.1) is 12.4 Å². The molecule has 0 aromatic carbocycles. The van der Waals surface area contributed by atoms with E-state index in [9.17, 15) is 8.42 Å². The molecule has 8 heteroatoms. The fourth-order valence-electron chi connectivity index (χ4n) is 1.43. The van der Waals surface area contributed by atoms with Gasteiger partial charge in [-0.25, -0.2) is 23.4 Å². The van der Waals surface area contributed by atoms with Crippen molar-refractivity contribution in [2.45, 2.75) is 18.7 Å². The fourth-order valence-corrected chi connectivity index (χ4v) is 2.33. The second-order valence-electron chi connectivity index (χ2n) is 4.10. The molecule has 106 valence electrons. The third kappa shape index (κ3) is 3.41. The predicted molar refractivity (Wildman–Crippen MR) is 76.0 cm³/mol. The Morgan fingerprint density at radius 3 is 2.35 bits per heavy atom. The first-order valence-corrected chi connectivity index (χ1v) is 7.51. The van der Waals surface area contributed by atoms with E-state index in [0.29, 0.717) is 12.5 Å². The smallest absolute Gasteiger partial charge is 0.266 e. The van der Waals surface area contributed by atoms with Crippen LogP contribution in [0.15, 0.2) is 35.6 Å². The SMILES string of the molecule is CCNc1ncc(S(=O)(=O)Nc2ccc(C)cn2)cn1. The minimum absolute atomic E-state index is 0.0125. The maximum absolute atomic E-state index is 12.1. The van der Waals surface area contributed by atoms with Gasteiger partial charge in [0, 0.05) is 12.7 Å². The van der Waals surface area contributed by atoms with E-state index in [2.05, 4.69) is 25.0 Å². The van der Waals surface area contributed by atoms with E-state index in [0.717, 1.165) is 5.56 Å². The monoisotopic (exact) mass is 293 g/mol. The van der Waals surface area contributed by atoms with Crippen LogP contribution in [0.5, 0.6) is 0 Å². The highest BCUT2D eigenvalue weighted by atomic mass is 32.2. The van der Waals surface area contributed by atoms with Gasteiger partial charge in [0.1, 0.15) is 10.7 Å². The van der Waals surface area contributed by atoms with Crippen LogP contribution >= 0.6 is 0 Å². The van der Waals surface area contributed by atoms with Crippen molar-refractivity contribution in [1.82, 2.24) is 15.0 Å². The van der Waals surface area contributed by atoms with E-state index < -0.39 is 10.0 Å². The molecule has 0 amide bonds. The van der Waals surface area contributed by atoms with Crippen molar-refractivity contribution >= 4 is 21.8 Å². The molecule has 0 radical (unpaired) electrons. The maximum atomic E-state index is 12.1. The molecule has 20 heavy (non-hydrogen) atoms. The minimum atomic E-state index is -3.72. The Morgan fingerprint density at radius 2 is 1.80 bits per heavy atom. The number of hydrogen-bond acceptors (Lipinski definition) is 6. The lowest BCUT2D eigenvalue weighted by Gasteiger charge is -2.07. The Labute approximate surface area is 117 Å². The molecule has 7 nitrogen and oxygen atoms in total. The molecule has 2 N–H and O–H groups in total. The zero-order chi connectivity index (χ0) is 14.6. The van der Waals surface area contributed by atoms with E-state index in [-0.39, 0.29) is 10.7 Å². The van der Waals surface area contributed by atoms with Crippen LogP contribution in [-0.2, 0) is 10.0 Å². The molecular formula is C12H15N5O2S. The zero-order valence-electron chi connectivity index (χ0n) is 11.2. The Bertz CT molecular complexity index is 668. The number of pyridine rings is 1. The molecule has 0 atom stereocenters. The third-order valence-electron chi connectivity index (χ3n) is 2.42. The van der Waals surface area contributed by atoms with Crippen LogP contribution in [0.3, 0.4) is 0 Å². The number of anilines is 2. The summed E-state index contributed by atoms with van der Waals surface area (Å²) < 4.78 is 26.6. The predicted octanol–water partition coefficient (Wildman–Crippen LogP) is 1.41. The molecule has 0 unspecified atom stereocenters. The van der Waals surface area contributed by atoms with Crippen LogP contribution in [-0.4, -0.2) is 29.9 Å². The number of aromatic nitrogens is 3. The molecule has 0 saturated carbocycles. The maximum Gasteiger partial charge on any atom is 0.266 e. The van der Waals surface area contributed by atoms with Crippen molar-refractivity contribution < 1.29 is 8.42 Å². The van der Waals surface area contributed by atoms with E-state index in [1.807, 2.05) is 13.8 Å². The molecule has 0 saturated heterocycles. The highest BCUT2D eigenvalue weighted by Gasteiger charge is 2.15. The Kier molecular flexibility index (Phi) is 4.14. The van der Waals surface area contributed by atoms with Crippen LogP contribution < -0.4 is 10.0 Å². The average molecular weight is 293 g/mol. The van der Waals surface area contributed by atoms with E-state index >= 15 is 0 Å². The number of sulfonamides is 1. The summed E-state index contributed by atoms with van der Waals surface area (Å²) in [5.74, 6) is 0.645. The first kappa shape index (κ1) is 14.2. The van der Waals surface area contributed by atoms with Gasteiger partial charge in [-0.05, 0) is 25.5 Å². The van der Waals surface area contributed by atoms with Crippen LogP contribution in [0.2, 0.25) is 0 Å². The normalized spacial score (nSPS) is 11.1. The van der Waals surface area contributed by atoms with E-state index in [1.165, 1.54) is 12.4 Å². The van der Waals surface area contributed by atoms with Crippen LogP contribution in [0.1, 0.15) is 12.5 Å². The first-order valence-electron chi connectivity index (χ1n) is 6.02. The average Bonchev–Trinajstić information content (AvgIpc) is 2.42. The Morgan fingerprint density at radius 1 is 1.10 bits per heavy atom. The van der Waals surface area contributed by atoms with E-state index in [1.54, 1.807) is 18.3 Å². The van der Waals surface area contributed by atoms with Crippen molar-refractivity contribution in [2.24, 2.45) is 0 Å². The first-order chi connectivity index (χ1) is 9.51. The third-order valence-corrected chi connectivity index (χ3v) is 3.73. The minimum Gasteiger partial charge on any atom is -0.355 e. The largest absolute Gasteiger partial charge is 0.355 e.